The number of rotatable bonds is 2. The highest BCUT2D eigenvalue weighted by Crippen LogP contribution is 2.19. The van der Waals surface area contributed by atoms with Crippen LogP contribution in [0.4, 0.5) is 13.2 Å². The average Bonchev–Trinajstić information content (AvgIpc) is 2.13. The van der Waals surface area contributed by atoms with Crippen molar-refractivity contribution in [3.8, 4) is 5.75 Å². The van der Waals surface area contributed by atoms with Crippen LogP contribution in [0.25, 0.3) is 0 Å². The minimum Gasteiger partial charge on any atom is -0.507 e. The second-order valence-corrected chi connectivity index (χ2v) is 3.32. The van der Waals surface area contributed by atoms with Gasteiger partial charge in [-0.1, -0.05) is 6.07 Å². The molecular weight excluding hydrogens is 223 g/mol. The minimum atomic E-state index is -4.46. The lowest BCUT2D eigenvalue weighted by atomic mass is 10.1. The predicted molar refractivity (Wildman–Crippen MR) is 51.2 cm³/mol. The van der Waals surface area contributed by atoms with E-state index in [1.54, 1.807) is 12.2 Å². The lowest BCUT2D eigenvalue weighted by Gasteiger charge is -2.09. The lowest BCUT2D eigenvalue weighted by molar-refractivity contribution is -0.123. The summed E-state index contributed by atoms with van der Waals surface area (Å²) in [6.07, 6.45) is -4.46. The van der Waals surface area contributed by atoms with Gasteiger partial charge in [0.2, 0.25) is 0 Å². The fourth-order valence-electron chi connectivity index (χ4n) is 1.11. The molecule has 1 amide bonds. The van der Waals surface area contributed by atoms with Gasteiger partial charge in [0.05, 0.1) is 5.56 Å². The Hall–Kier alpha value is -1.72. The first kappa shape index (κ1) is 12.4. The number of aryl methyl sites for hydroxylation is 1. The SMILES string of the molecule is Cc1ccc(C(=O)NCC(F)(F)F)c(O)c1. The quantitative estimate of drug-likeness (QED) is 0.820. The molecule has 0 saturated heterocycles. The van der Waals surface area contributed by atoms with E-state index in [9.17, 15) is 23.1 Å². The Labute approximate surface area is 89.9 Å². The number of phenols is 1. The van der Waals surface area contributed by atoms with Gasteiger partial charge in [0.25, 0.3) is 5.91 Å². The molecule has 88 valence electrons. The molecule has 6 heteroatoms. The summed E-state index contributed by atoms with van der Waals surface area (Å²) >= 11 is 0. The summed E-state index contributed by atoms with van der Waals surface area (Å²) in [5.41, 5.74) is 0.541. The van der Waals surface area contributed by atoms with Gasteiger partial charge in [-0.2, -0.15) is 13.2 Å². The molecule has 16 heavy (non-hydrogen) atoms. The maximum absolute atomic E-state index is 11.8. The molecular formula is C10H10F3NO2. The third-order valence-corrected chi connectivity index (χ3v) is 1.85. The van der Waals surface area contributed by atoms with Crippen LogP contribution in [0.3, 0.4) is 0 Å². The number of carbonyl (C=O) groups excluding carboxylic acids is 1. The van der Waals surface area contributed by atoms with E-state index >= 15 is 0 Å². The summed E-state index contributed by atoms with van der Waals surface area (Å²) < 4.78 is 35.5. The van der Waals surface area contributed by atoms with E-state index < -0.39 is 18.6 Å². The summed E-state index contributed by atoms with van der Waals surface area (Å²) in [4.78, 5) is 11.3. The van der Waals surface area contributed by atoms with Gasteiger partial charge in [0.15, 0.2) is 0 Å². The van der Waals surface area contributed by atoms with Crippen LogP contribution in [0, 0.1) is 6.92 Å². The van der Waals surface area contributed by atoms with Crippen LogP contribution in [0.15, 0.2) is 18.2 Å². The molecule has 1 aromatic carbocycles. The number of benzene rings is 1. The maximum Gasteiger partial charge on any atom is 0.405 e. The number of alkyl halides is 3. The van der Waals surface area contributed by atoms with Crippen LogP contribution in [0.5, 0.6) is 5.75 Å². The van der Waals surface area contributed by atoms with Crippen molar-refractivity contribution in [3.05, 3.63) is 29.3 Å². The zero-order valence-electron chi connectivity index (χ0n) is 8.43. The summed E-state index contributed by atoms with van der Waals surface area (Å²) in [6.45, 7) is 0.274. The van der Waals surface area contributed by atoms with Crippen LogP contribution < -0.4 is 5.32 Å². The van der Waals surface area contributed by atoms with Crippen LogP contribution >= 0.6 is 0 Å². The van der Waals surface area contributed by atoms with Gasteiger partial charge in [-0.25, -0.2) is 0 Å². The maximum atomic E-state index is 11.8. The van der Waals surface area contributed by atoms with E-state index in [1.165, 1.54) is 18.2 Å². The normalized spacial score (nSPS) is 11.2. The number of halogens is 3. The highest BCUT2D eigenvalue weighted by atomic mass is 19.4. The van der Waals surface area contributed by atoms with E-state index in [1.807, 2.05) is 0 Å². The zero-order chi connectivity index (χ0) is 12.3. The van der Waals surface area contributed by atoms with Crippen molar-refractivity contribution in [3.63, 3.8) is 0 Å². The minimum absolute atomic E-state index is 0.171. The van der Waals surface area contributed by atoms with Gasteiger partial charge in [-0.3, -0.25) is 4.79 Å². The van der Waals surface area contributed by atoms with Crippen LogP contribution in [-0.2, 0) is 0 Å². The number of amides is 1. The van der Waals surface area contributed by atoms with E-state index in [0.29, 0.717) is 5.56 Å². The van der Waals surface area contributed by atoms with Gasteiger partial charge in [0, 0.05) is 0 Å². The second kappa shape index (κ2) is 4.42. The molecule has 2 N–H and O–H groups in total. The predicted octanol–water partition coefficient (Wildman–Crippen LogP) is 1.99. The molecule has 0 atom stereocenters. The van der Waals surface area contributed by atoms with E-state index in [0.717, 1.165) is 0 Å². The van der Waals surface area contributed by atoms with Gasteiger partial charge in [-0.05, 0) is 24.6 Å². The summed E-state index contributed by atoms with van der Waals surface area (Å²) in [6, 6.07) is 4.11. The Morgan fingerprint density at radius 3 is 2.56 bits per heavy atom. The van der Waals surface area contributed by atoms with Crippen LogP contribution in [0.1, 0.15) is 15.9 Å². The lowest BCUT2D eigenvalue weighted by Crippen LogP contribution is -2.33. The number of phenolic OH excluding ortho intramolecular Hbond substituents is 1. The number of hydrogen-bond donors (Lipinski definition) is 2. The molecule has 1 rings (SSSR count). The molecule has 0 heterocycles. The Bertz CT molecular complexity index is 402. The number of nitrogens with one attached hydrogen (secondary N) is 1. The Morgan fingerprint density at radius 1 is 1.44 bits per heavy atom. The van der Waals surface area contributed by atoms with Gasteiger partial charge in [-0.15, -0.1) is 0 Å². The largest absolute Gasteiger partial charge is 0.507 e. The molecule has 0 bridgehead atoms. The molecule has 0 aliphatic carbocycles. The Balaban J connectivity index is 2.74. The summed E-state index contributed by atoms with van der Waals surface area (Å²) in [5.74, 6) is -1.28. The number of hydrogen-bond acceptors (Lipinski definition) is 2. The molecule has 0 aromatic heterocycles. The summed E-state index contributed by atoms with van der Waals surface area (Å²) in [5, 5.41) is 11.0. The van der Waals surface area contributed by atoms with E-state index in [2.05, 4.69) is 0 Å². The van der Waals surface area contributed by atoms with Crippen molar-refractivity contribution < 1.29 is 23.1 Å². The van der Waals surface area contributed by atoms with Crippen LogP contribution in [-0.4, -0.2) is 23.7 Å². The number of carbonyl (C=O) groups is 1. The molecule has 0 radical (unpaired) electrons. The first-order valence-corrected chi connectivity index (χ1v) is 4.44. The fourth-order valence-corrected chi connectivity index (χ4v) is 1.11. The third kappa shape index (κ3) is 3.45. The van der Waals surface area contributed by atoms with Crippen molar-refractivity contribution in [1.82, 2.24) is 5.32 Å². The van der Waals surface area contributed by atoms with Gasteiger partial charge >= 0.3 is 6.18 Å². The molecule has 0 aliphatic heterocycles. The third-order valence-electron chi connectivity index (χ3n) is 1.85. The monoisotopic (exact) mass is 233 g/mol. The standard InChI is InChI=1S/C10H10F3NO2/c1-6-2-3-7(8(15)4-6)9(16)14-5-10(11,12)13/h2-4,15H,5H2,1H3,(H,14,16). The molecule has 0 spiro atoms. The van der Waals surface area contributed by atoms with Crippen molar-refractivity contribution >= 4 is 5.91 Å². The van der Waals surface area contributed by atoms with Crippen LogP contribution in [0.2, 0.25) is 0 Å². The first-order chi connectivity index (χ1) is 7.29. The molecule has 0 fully saturated rings. The molecule has 0 saturated carbocycles. The van der Waals surface area contributed by atoms with Crippen molar-refractivity contribution in [2.45, 2.75) is 13.1 Å². The molecule has 1 aromatic rings. The Morgan fingerprint density at radius 2 is 2.06 bits per heavy atom. The van der Waals surface area contributed by atoms with Crippen molar-refractivity contribution in [2.24, 2.45) is 0 Å². The second-order valence-electron chi connectivity index (χ2n) is 3.32. The van der Waals surface area contributed by atoms with Crippen molar-refractivity contribution in [2.75, 3.05) is 6.54 Å². The number of aromatic hydroxyl groups is 1. The smallest absolute Gasteiger partial charge is 0.405 e. The molecule has 3 nitrogen and oxygen atoms in total. The topological polar surface area (TPSA) is 49.3 Å². The molecule has 0 unspecified atom stereocenters. The van der Waals surface area contributed by atoms with Gasteiger partial charge < -0.3 is 10.4 Å². The highest BCUT2D eigenvalue weighted by molar-refractivity contribution is 5.96. The molecule has 0 aliphatic rings. The highest BCUT2D eigenvalue weighted by Gasteiger charge is 2.28. The van der Waals surface area contributed by atoms with E-state index in [-0.39, 0.29) is 11.3 Å². The Kier molecular flexibility index (Phi) is 3.41. The van der Waals surface area contributed by atoms with E-state index in [4.69, 9.17) is 0 Å². The summed E-state index contributed by atoms with van der Waals surface area (Å²) in [7, 11) is 0. The van der Waals surface area contributed by atoms with Gasteiger partial charge in [0.1, 0.15) is 12.3 Å². The first-order valence-electron chi connectivity index (χ1n) is 4.44. The zero-order valence-corrected chi connectivity index (χ0v) is 8.43. The fraction of sp³-hybridized carbons (Fsp3) is 0.300. The average molecular weight is 233 g/mol. The van der Waals surface area contributed by atoms with Crippen molar-refractivity contribution in [1.29, 1.82) is 0 Å².